The molecule has 0 aliphatic carbocycles. The lowest BCUT2D eigenvalue weighted by Crippen LogP contribution is -2.34. The molecular formula is C12H17ClN2O. The Labute approximate surface area is 101 Å². The van der Waals surface area contributed by atoms with Crippen molar-refractivity contribution in [3.05, 3.63) is 28.8 Å². The number of hydrogen-bond donors (Lipinski definition) is 1. The molecule has 1 rings (SSSR count). The molecule has 0 atom stereocenters. The number of hydrogen-bond acceptors (Lipinski definition) is 1. The van der Waals surface area contributed by atoms with Crippen molar-refractivity contribution < 1.29 is 4.79 Å². The summed E-state index contributed by atoms with van der Waals surface area (Å²) < 4.78 is 0. The number of aryl methyl sites for hydroxylation is 1. The van der Waals surface area contributed by atoms with Gasteiger partial charge in [-0.3, -0.25) is 0 Å². The highest BCUT2D eigenvalue weighted by Gasteiger charge is 2.10. The molecule has 0 aromatic heterocycles. The van der Waals surface area contributed by atoms with Gasteiger partial charge in [-0.05, 0) is 38.5 Å². The van der Waals surface area contributed by atoms with E-state index in [-0.39, 0.29) is 6.03 Å². The lowest BCUT2D eigenvalue weighted by atomic mass is 10.2. The first-order valence-corrected chi connectivity index (χ1v) is 5.78. The monoisotopic (exact) mass is 240 g/mol. The maximum absolute atomic E-state index is 11.8. The predicted octanol–water partition coefficient (Wildman–Crippen LogP) is 3.52. The molecule has 0 spiro atoms. The minimum absolute atomic E-state index is 0.0876. The molecule has 16 heavy (non-hydrogen) atoms. The third-order valence-electron chi connectivity index (χ3n) is 2.49. The first-order valence-electron chi connectivity index (χ1n) is 5.40. The highest BCUT2D eigenvalue weighted by Crippen LogP contribution is 2.20. The van der Waals surface area contributed by atoms with E-state index >= 15 is 0 Å². The second-order valence-corrected chi connectivity index (χ2v) is 4.00. The van der Waals surface area contributed by atoms with Gasteiger partial charge in [0.1, 0.15) is 0 Å². The Morgan fingerprint density at radius 3 is 2.56 bits per heavy atom. The number of urea groups is 1. The molecule has 2 amide bonds. The minimum atomic E-state index is -0.0876. The van der Waals surface area contributed by atoms with E-state index in [1.807, 2.05) is 32.9 Å². The van der Waals surface area contributed by atoms with Crippen LogP contribution in [0.4, 0.5) is 10.5 Å². The van der Waals surface area contributed by atoms with Gasteiger partial charge in [-0.2, -0.15) is 0 Å². The molecule has 0 heterocycles. The fraction of sp³-hybridized carbons (Fsp3) is 0.417. The second-order valence-electron chi connectivity index (χ2n) is 3.56. The molecule has 1 N–H and O–H groups in total. The van der Waals surface area contributed by atoms with E-state index in [0.717, 1.165) is 11.3 Å². The van der Waals surface area contributed by atoms with Crippen LogP contribution in [0.1, 0.15) is 19.4 Å². The van der Waals surface area contributed by atoms with Crippen molar-refractivity contribution >= 4 is 23.3 Å². The van der Waals surface area contributed by atoms with E-state index in [4.69, 9.17) is 11.6 Å². The van der Waals surface area contributed by atoms with E-state index < -0.39 is 0 Å². The van der Waals surface area contributed by atoms with Gasteiger partial charge in [0.25, 0.3) is 0 Å². The molecule has 0 bridgehead atoms. The van der Waals surface area contributed by atoms with E-state index in [9.17, 15) is 4.79 Å². The molecule has 0 saturated carbocycles. The van der Waals surface area contributed by atoms with Crippen LogP contribution >= 0.6 is 11.6 Å². The predicted molar refractivity (Wildman–Crippen MR) is 68.1 cm³/mol. The fourth-order valence-electron chi connectivity index (χ4n) is 1.43. The van der Waals surface area contributed by atoms with Gasteiger partial charge >= 0.3 is 6.03 Å². The van der Waals surface area contributed by atoms with Crippen molar-refractivity contribution in [2.75, 3.05) is 18.4 Å². The number of nitrogens with one attached hydrogen (secondary N) is 1. The topological polar surface area (TPSA) is 32.3 Å². The molecule has 1 aromatic rings. The zero-order valence-electron chi connectivity index (χ0n) is 9.88. The molecule has 0 unspecified atom stereocenters. The molecule has 0 aliphatic rings. The van der Waals surface area contributed by atoms with Crippen LogP contribution in [0.15, 0.2) is 18.2 Å². The van der Waals surface area contributed by atoms with Crippen LogP contribution in [0.2, 0.25) is 5.02 Å². The van der Waals surface area contributed by atoms with Gasteiger partial charge in [0.15, 0.2) is 0 Å². The molecule has 0 saturated heterocycles. The van der Waals surface area contributed by atoms with Crippen molar-refractivity contribution in [1.29, 1.82) is 0 Å². The average Bonchev–Trinajstić information content (AvgIpc) is 2.25. The quantitative estimate of drug-likeness (QED) is 0.862. The summed E-state index contributed by atoms with van der Waals surface area (Å²) >= 11 is 5.88. The number of benzene rings is 1. The van der Waals surface area contributed by atoms with Gasteiger partial charge in [-0.25, -0.2) is 4.79 Å². The highest BCUT2D eigenvalue weighted by molar-refractivity contribution is 6.31. The maximum atomic E-state index is 11.8. The van der Waals surface area contributed by atoms with Crippen molar-refractivity contribution in [3.8, 4) is 0 Å². The normalized spacial score (nSPS) is 10.0. The number of carbonyl (C=O) groups is 1. The third kappa shape index (κ3) is 3.14. The van der Waals surface area contributed by atoms with Crippen LogP contribution in [0.25, 0.3) is 0 Å². The lowest BCUT2D eigenvalue weighted by Gasteiger charge is -2.20. The van der Waals surface area contributed by atoms with Gasteiger partial charge < -0.3 is 10.2 Å². The third-order valence-corrected chi connectivity index (χ3v) is 2.73. The zero-order valence-corrected chi connectivity index (χ0v) is 10.6. The van der Waals surface area contributed by atoms with E-state index in [0.29, 0.717) is 18.1 Å². The van der Waals surface area contributed by atoms with E-state index in [1.165, 1.54) is 0 Å². The molecule has 3 nitrogen and oxygen atoms in total. The number of anilines is 1. The molecular weight excluding hydrogens is 224 g/mol. The van der Waals surface area contributed by atoms with Crippen molar-refractivity contribution in [3.63, 3.8) is 0 Å². The Bertz CT molecular complexity index is 375. The van der Waals surface area contributed by atoms with Crippen molar-refractivity contribution in [2.24, 2.45) is 0 Å². The van der Waals surface area contributed by atoms with Crippen molar-refractivity contribution in [2.45, 2.75) is 20.8 Å². The summed E-state index contributed by atoms with van der Waals surface area (Å²) in [4.78, 5) is 13.5. The number of nitrogens with zero attached hydrogens (tertiary/aromatic N) is 1. The number of halogens is 1. The molecule has 88 valence electrons. The smallest absolute Gasteiger partial charge is 0.321 e. The minimum Gasteiger partial charge on any atom is -0.325 e. The first-order chi connectivity index (χ1) is 7.58. The molecule has 0 fully saturated rings. The van der Waals surface area contributed by atoms with Gasteiger partial charge in [-0.1, -0.05) is 17.7 Å². The Hall–Kier alpha value is -1.22. The Kier molecular flexibility index (Phi) is 4.62. The molecule has 4 heteroatoms. The summed E-state index contributed by atoms with van der Waals surface area (Å²) in [5.74, 6) is 0. The van der Waals surface area contributed by atoms with Crippen molar-refractivity contribution in [1.82, 2.24) is 4.90 Å². The van der Waals surface area contributed by atoms with Crippen LogP contribution < -0.4 is 5.32 Å². The van der Waals surface area contributed by atoms with Crippen LogP contribution in [0.5, 0.6) is 0 Å². The summed E-state index contributed by atoms with van der Waals surface area (Å²) in [6.07, 6.45) is 0. The largest absolute Gasteiger partial charge is 0.325 e. The Balaban J connectivity index is 2.80. The van der Waals surface area contributed by atoms with E-state index in [1.54, 1.807) is 11.0 Å². The van der Waals surface area contributed by atoms with Gasteiger partial charge in [0, 0.05) is 23.8 Å². The van der Waals surface area contributed by atoms with Crippen LogP contribution in [-0.4, -0.2) is 24.0 Å². The van der Waals surface area contributed by atoms with Crippen LogP contribution in [0, 0.1) is 6.92 Å². The molecule has 1 aromatic carbocycles. The van der Waals surface area contributed by atoms with Gasteiger partial charge in [0.05, 0.1) is 0 Å². The lowest BCUT2D eigenvalue weighted by molar-refractivity contribution is 0.217. The van der Waals surface area contributed by atoms with Crippen LogP contribution in [0.3, 0.4) is 0 Å². The standard InChI is InChI=1S/C12H17ClN2O/c1-4-15(5-2)12(16)14-11-8-10(13)7-6-9(11)3/h6-8H,4-5H2,1-3H3,(H,14,16). The summed E-state index contributed by atoms with van der Waals surface area (Å²) in [5.41, 5.74) is 1.77. The second kappa shape index (κ2) is 5.75. The zero-order chi connectivity index (χ0) is 12.1. The maximum Gasteiger partial charge on any atom is 0.321 e. The number of rotatable bonds is 3. The number of amides is 2. The van der Waals surface area contributed by atoms with Gasteiger partial charge in [0.2, 0.25) is 0 Å². The summed E-state index contributed by atoms with van der Waals surface area (Å²) in [5, 5.41) is 3.48. The highest BCUT2D eigenvalue weighted by atomic mass is 35.5. The summed E-state index contributed by atoms with van der Waals surface area (Å²) in [6, 6.07) is 5.37. The molecule has 0 aliphatic heterocycles. The van der Waals surface area contributed by atoms with Gasteiger partial charge in [-0.15, -0.1) is 0 Å². The molecule has 0 radical (unpaired) electrons. The Morgan fingerprint density at radius 2 is 2.00 bits per heavy atom. The summed E-state index contributed by atoms with van der Waals surface area (Å²) in [6.45, 7) is 7.24. The fourth-order valence-corrected chi connectivity index (χ4v) is 1.61. The van der Waals surface area contributed by atoms with Crippen LogP contribution in [-0.2, 0) is 0 Å². The summed E-state index contributed by atoms with van der Waals surface area (Å²) in [7, 11) is 0. The number of carbonyl (C=O) groups excluding carboxylic acids is 1. The Morgan fingerprint density at radius 1 is 1.38 bits per heavy atom. The first kappa shape index (κ1) is 12.8. The van der Waals surface area contributed by atoms with E-state index in [2.05, 4.69) is 5.32 Å². The average molecular weight is 241 g/mol. The SMILES string of the molecule is CCN(CC)C(=O)Nc1cc(Cl)ccc1C.